The van der Waals surface area contributed by atoms with Crippen molar-refractivity contribution in [3.8, 4) is 5.88 Å². The van der Waals surface area contributed by atoms with Gasteiger partial charge in [0.25, 0.3) is 0 Å². The molecule has 0 aromatic carbocycles. The van der Waals surface area contributed by atoms with Crippen LogP contribution in [0.15, 0.2) is 0 Å². The minimum atomic E-state index is -1.86. The summed E-state index contributed by atoms with van der Waals surface area (Å²) >= 11 is 2.29. The molecule has 148 valence electrons. The predicted molar refractivity (Wildman–Crippen MR) is 118 cm³/mol. The summed E-state index contributed by atoms with van der Waals surface area (Å²) in [6.07, 6.45) is 2.39. The molecule has 0 radical (unpaired) electrons. The number of hydrogen-bond donors (Lipinski definition) is 0. The van der Waals surface area contributed by atoms with Gasteiger partial charge in [0.1, 0.15) is 11.9 Å². The lowest BCUT2D eigenvalue weighted by Crippen LogP contribution is -2.48. The topological polar surface area (TPSA) is 44.2 Å². The van der Waals surface area contributed by atoms with Gasteiger partial charge in [-0.3, -0.25) is 0 Å². The Kier molecular flexibility index (Phi) is 6.82. The average molecular weight is 491 g/mol. The first-order valence-electron chi connectivity index (χ1n) is 9.72. The van der Waals surface area contributed by atoms with Gasteiger partial charge in [0.2, 0.25) is 5.88 Å². The van der Waals surface area contributed by atoms with E-state index < -0.39 is 8.32 Å². The Balaban J connectivity index is 2.30. The lowest BCUT2D eigenvalue weighted by Gasteiger charge is -2.41. The maximum Gasteiger partial charge on any atom is 0.231 e. The van der Waals surface area contributed by atoms with Crippen LogP contribution in [0, 0.1) is 29.3 Å². The molecule has 1 heterocycles. The second-order valence-electron chi connectivity index (χ2n) is 9.24. The molecule has 0 saturated heterocycles. The third kappa shape index (κ3) is 4.61. The van der Waals surface area contributed by atoms with Crippen LogP contribution in [-0.4, -0.2) is 30.5 Å². The summed E-state index contributed by atoms with van der Waals surface area (Å²) in [7, 11) is -1.86. The number of rotatable bonds is 5. The fraction of sp³-hybridized carbons (Fsp3) is 0.800. The first-order valence-corrected chi connectivity index (χ1v) is 13.7. The van der Waals surface area contributed by atoms with Crippen LogP contribution in [0.2, 0.25) is 18.1 Å². The predicted octanol–water partition coefficient (Wildman–Crippen LogP) is 5.90. The molecule has 0 amide bonds. The maximum absolute atomic E-state index is 6.86. The normalized spacial score (nSPS) is 27.0. The van der Waals surface area contributed by atoms with Crippen molar-refractivity contribution in [1.29, 1.82) is 0 Å². The summed E-state index contributed by atoms with van der Waals surface area (Å²) in [5, 5.41) is 0.193. The van der Waals surface area contributed by atoms with Crippen LogP contribution < -0.4 is 4.74 Å². The fourth-order valence-corrected chi connectivity index (χ4v) is 5.27. The molecule has 1 aromatic heterocycles. The Hall–Kier alpha value is -0.213. The largest absolute Gasteiger partial charge is 0.471 e. The third-order valence-corrected chi connectivity index (χ3v) is 12.0. The number of halogens is 1. The van der Waals surface area contributed by atoms with Crippen molar-refractivity contribution in [2.45, 2.75) is 91.6 Å². The first-order chi connectivity index (χ1) is 11.9. The van der Waals surface area contributed by atoms with Gasteiger partial charge in [-0.2, -0.15) is 4.98 Å². The van der Waals surface area contributed by atoms with Gasteiger partial charge < -0.3 is 9.16 Å². The van der Waals surface area contributed by atoms with Crippen LogP contribution in [0.1, 0.15) is 59.0 Å². The Morgan fingerprint density at radius 1 is 1.19 bits per heavy atom. The van der Waals surface area contributed by atoms with Gasteiger partial charge in [0.15, 0.2) is 8.32 Å². The quantitative estimate of drug-likeness (QED) is 0.381. The van der Waals surface area contributed by atoms with E-state index in [1.165, 1.54) is 0 Å². The Morgan fingerprint density at radius 2 is 1.81 bits per heavy atom. The van der Waals surface area contributed by atoms with E-state index in [2.05, 4.69) is 80.3 Å². The minimum absolute atomic E-state index is 0.0614. The number of nitrogens with zero attached hydrogens (tertiary/aromatic N) is 2. The van der Waals surface area contributed by atoms with Gasteiger partial charge in [-0.05, 0) is 72.8 Å². The van der Waals surface area contributed by atoms with Gasteiger partial charge >= 0.3 is 0 Å². The molecule has 2 rings (SSSR count). The van der Waals surface area contributed by atoms with Gasteiger partial charge in [-0.15, -0.1) is 0 Å². The summed E-state index contributed by atoms with van der Waals surface area (Å²) in [4.78, 5) is 9.01. The van der Waals surface area contributed by atoms with Gasteiger partial charge in [-0.25, -0.2) is 4.98 Å². The van der Waals surface area contributed by atoms with Crippen molar-refractivity contribution >= 4 is 30.9 Å². The molecule has 1 aromatic rings. The Labute approximate surface area is 174 Å². The number of aromatic nitrogens is 2. The summed E-state index contributed by atoms with van der Waals surface area (Å²) in [6.45, 7) is 20.1. The summed E-state index contributed by atoms with van der Waals surface area (Å²) in [5.41, 5.74) is 0.980. The van der Waals surface area contributed by atoms with Crippen molar-refractivity contribution in [3.63, 3.8) is 0 Å². The second kappa shape index (κ2) is 8.03. The fourth-order valence-electron chi connectivity index (χ4n) is 3.50. The van der Waals surface area contributed by atoms with Crippen LogP contribution in [0.5, 0.6) is 5.88 Å². The van der Waals surface area contributed by atoms with Gasteiger partial charge in [-0.1, -0.05) is 41.0 Å². The molecule has 0 N–H and O–H groups in total. The zero-order chi connectivity index (χ0) is 19.9. The number of hydrogen-bond acceptors (Lipinski definition) is 4. The van der Waals surface area contributed by atoms with Crippen molar-refractivity contribution in [3.05, 3.63) is 15.1 Å². The molecule has 0 unspecified atom stereocenters. The van der Waals surface area contributed by atoms with E-state index in [0.717, 1.165) is 27.9 Å². The smallest absolute Gasteiger partial charge is 0.231 e. The first kappa shape index (κ1) is 22.1. The molecule has 6 heteroatoms. The van der Waals surface area contributed by atoms with Crippen LogP contribution in [-0.2, 0) is 4.43 Å². The number of ether oxygens (including phenoxy) is 1. The summed E-state index contributed by atoms with van der Waals surface area (Å²) in [6, 6.07) is 0. The van der Waals surface area contributed by atoms with E-state index in [-0.39, 0.29) is 17.2 Å². The van der Waals surface area contributed by atoms with Crippen LogP contribution >= 0.6 is 22.6 Å². The van der Waals surface area contributed by atoms with Crippen LogP contribution in [0.3, 0.4) is 0 Å². The SMILES string of the molecule is CC[C@H]1C[C@@H](Oc2nc(C)nc(C)c2I)[C@H](O[Si](C)(C)C(C)(C)C)[C@@H]1C. The van der Waals surface area contributed by atoms with E-state index in [4.69, 9.17) is 9.16 Å². The minimum Gasteiger partial charge on any atom is -0.471 e. The monoisotopic (exact) mass is 490 g/mol. The molecule has 0 aliphatic heterocycles. The van der Waals surface area contributed by atoms with E-state index in [1.54, 1.807) is 0 Å². The summed E-state index contributed by atoms with van der Waals surface area (Å²) in [5.74, 6) is 2.61. The van der Waals surface area contributed by atoms with Crippen LogP contribution in [0.25, 0.3) is 0 Å². The highest BCUT2D eigenvalue weighted by molar-refractivity contribution is 14.1. The zero-order valence-corrected chi connectivity index (χ0v) is 21.0. The average Bonchev–Trinajstić information content (AvgIpc) is 2.79. The number of aryl methyl sites for hydroxylation is 2. The van der Waals surface area contributed by atoms with Crippen molar-refractivity contribution in [1.82, 2.24) is 9.97 Å². The van der Waals surface area contributed by atoms with E-state index in [1.807, 2.05) is 13.8 Å². The van der Waals surface area contributed by atoms with E-state index >= 15 is 0 Å². The Morgan fingerprint density at radius 3 is 2.35 bits per heavy atom. The molecule has 1 aliphatic carbocycles. The maximum atomic E-state index is 6.86. The van der Waals surface area contributed by atoms with Gasteiger partial charge in [0.05, 0.1) is 15.4 Å². The van der Waals surface area contributed by atoms with Crippen molar-refractivity contribution in [2.24, 2.45) is 11.8 Å². The zero-order valence-electron chi connectivity index (χ0n) is 17.8. The highest BCUT2D eigenvalue weighted by atomic mass is 127. The van der Waals surface area contributed by atoms with E-state index in [9.17, 15) is 0 Å². The standard InChI is InChI=1S/C20H35IN2O2Si/c1-10-15-11-16(24-19-17(21)13(3)22-14(4)23-19)18(12(15)2)25-26(8,9)20(5,6)7/h12,15-16,18H,10-11H2,1-9H3/t12-,15+,16-,18-/m1/s1. The second-order valence-corrected chi connectivity index (χ2v) is 15.1. The van der Waals surface area contributed by atoms with Crippen molar-refractivity contribution < 1.29 is 9.16 Å². The lowest BCUT2D eigenvalue weighted by molar-refractivity contribution is 0.0428. The summed E-state index contributed by atoms with van der Waals surface area (Å²) < 4.78 is 14.3. The molecule has 1 fully saturated rings. The molecule has 4 nitrogen and oxygen atoms in total. The molecule has 26 heavy (non-hydrogen) atoms. The van der Waals surface area contributed by atoms with E-state index in [0.29, 0.717) is 17.7 Å². The molecule has 1 saturated carbocycles. The third-order valence-electron chi connectivity index (χ3n) is 6.29. The lowest BCUT2D eigenvalue weighted by atomic mass is 9.95. The van der Waals surface area contributed by atoms with Crippen molar-refractivity contribution in [2.75, 3.05) is 0 Å². The van der Waals surface area contributed by atoms with Crippen LogP contribution in [0.4, 0.5) is 0 Å². The highest BCUT2D eigenvalue weighted by Crippen LogP contribution is 2.44. The molecule has 4 atom stereocenters. The van der Waals surface area contributed by atoms with Gasteiger partial charge in [0, 0.05) is 0 Å². The molecular formula is C20H35IN2O2Si. The molecular weight excluding hydrogens is 455 g/mol. The highest BCUT2D eigenvalue weighted by Gasteiger charge is 2.48. The Bertz CT molecular complexity index is 645. The molecule has 1 aliphatic rings. The molecule has 0 spiro atoms. The molecule has 0 bridgehead atoms.